The Morgan fingerprint density at radius 3 is 2.96 bits per heavy atom. The summed E-state index contributed by atoms with van der Waals surface area (Å²) in [6, 6.07) is 11.8. The summed E-state index contributed by atoms with van der Waals surface area (Å²) in [4.78, 5) is 18.7. The van der Waals surface area contributed by atoms with Gasteiger partial charge < -0.3 is 14.8 Å². The second-order valence-electron chi connectivity index (χ2n) is 6.46. The molecule has 0 spiro atoms. The highest BCUT2D eigenvalue weighted by molar-refractivity contribution is 7.16. The number of benzene rings is 1. The van der Waals surface area contributed by atoms with Crippen molar-refractivity contribution in [3.05, 3.63) is 75.3 Å². The molecule has 4 aromatic rings. The third-order valence-corrected chi connectivity index (χ3v) is 5.29. The van der Waals surface area contributed by atoms with Crippen molar-refractivity contribution in [1.29, 1.82) is 0 Å². The molecule has 0 radical (unpaired) electrons. The average molecular weight is 396 g/mol. The van der Waals surface area contributed by atoms with Crippen molar-refractivity contribution < 1.29 is 9.84 Å². The monoisotopic (exact) mass is 396 g/mol. The predicted octanol–water partition coefficient (Wildman–Crippen LogP) is 2.83. The molecule has 8 heteroatoms. The third kappa shape index (κ3) is 4.04. The molecule has 7 nitrogen and oxygen atoms in total. The number of aromatic nitrogens is 4. The lowest BCUT2D eigenvalue weighted by atomic mass is 10.1. The van der Waals surface area contributed by atoms with Crippen LogP contribution in [0, 0.1) is 0 Å². The van der Waals surface area contributed by atoms with Crippen LogP contribution in [0.1, 0.15) is 29.8 Å². The van der Waals surface area contributed by atoms with Crippen LogP contribution in [-0.2, 0) is 11.2 Å². The number of pyridine rings is 1. The number of aliphatic hydroxyl groups excluding tert-OH is 1. The number of hydrogen-bond donors (Lipinski definition) is 2. The van der Waals surface area contributed by atoms with Crippen LogP contribution in [0.3, 0.4) is 0 Å². The van der Waals surface area contributed by atoms with E-state index >= 15 is 0 Å². The van der Waals surface area contributed by atoms with Gasteiger partial charge in [0.25, 0.3) is 0 Å². The second kappa shape index (κ2) is 8.05. The van der Waals surface area contributed by atoms with E-state index < -0.39 is 0 Å². The zero-order valence-corrected chi connectivity index (χ0v) is 16.1. The summed E-state index contributed by atoms with van der Waals surface area (Å²) < 4.78 is 8.19. The van der Waals surface area contributed by atoms with Crippen molar-refractivity contribution in [2.24, 2.45) is 0 Å². The Labute approximate surface area is 165 Å². The lowest BCUT2D eigenvalue weighted by Crippen LogP contribution is -2.06. The summed E-state index contributed by atoms with van der Waals surface area (Å²) in [5, 5.41) is 13.5. The molecule has 0 aliphatic heterocycles. The number of fused-ring (bicyclic) bond motifs is 1. The van der Waals surface area contributed by atoms with Crippen LogP contribution in [-0.4, -0.2) is 38.1 Å². The predicted molar refractivity (Wildman–Crippen MR) is 108 cm³/mol. The van der Waals surface area contributed by atoms with Gasteiger partial charge in [0, 0.05) is 18.8 Å². The summed E-state index contributed by atoms with van der Waals surface area (Å²) in [5.74, 6) is 0.726. The first kappa shape index (κ1) is 18.5. The molecule has 4 rings (SSSR count). The first-order valence-corrected chi connectivity index (χ1v) is 9.79. The van der Waals surface area contributed by atoms with E-state index in [0.29, 0.717) is 13.0 Å². The summed E-state index contributed by atoms with van der Waals surface area (Å²) in [6.45, 7) is 2.23. The maximum absolute atomic E-state index is 11.5. The molecule has 144 valence electrons. The molecule has 1 unspecified atom stereocenters. The molecule has 0 amide bonds. The third-order valence-electron chi connectivity index (χ3n) is 4.45. The Morgan fingerprint density at radius 2 is 2.18 bits per heavy atom. The number of nitrogens with one attached hydrogen (secondary N) is 1. The van der Waals surface area contributed by atoms with Crippen molar-refractivity contribution in [2.45, 2.75) is 19.4 Å². The molecule has 28 heavy (non-hydrogen) atoms. The molecule has 0 bridgehead atoms. The van der Waals surface area contributed by atoms with Crippen LogP contribution in [0.4, 0.5) is 0 Å². The van der Waals surface area contributed by atoms with Gasteiger partial charge in [-0.05, 0) is 42.3 Å². The van der Waals surface area contributed by atoms with Gasteiger partial charge in [-0.25, -0.2) is 9.67 Å². The summed E-state index contributed by atoms with van der Waals surface area (Å²) in [5.41, 5.74) is 3.84. The quantitative estimate of drug-likeness (QED) is 0.501. The van der Waals surface area contributed by atoms with Crippen molar-refractivity contribution in [3.63, 3.8) is 0 Å². The summed E-state index contributed by atoms with van der Waals surface area (Å²) >= 11 is 1.22. The molecule has 1 aromatic carbocycles. The topological polar surface area (TPSA) is 93.0 Å². The molecule has 0 saturated heterocycles. The molecule has 1 atom stereocenters. The van der Waals surface area contributed by atoms with E-state index in [0.717, 1.165) is 32.9 Å². The SMILES string of the molecule is CC(OCCO)c1ccc(-n2ccc(Cc3ccc4[nH]c(=O)sc4c3)n2)nc1. The normalized spacial score (nSPS) is 12.5. The highest BCUT2D eigenvalue weighted by Crippen LogP contribution is 2.19. The van der Waals surface area contributed by atoms with E-state index in [4.69, 9.17) is 9.84 Å². The number of H-pyrrole nitrogens is 1. The van der Waals surface area contributed by atoms with Gasteiger partial charge in [-0.3, -0.25) is 4.79 Å². The molecule has 0 aliphatic carbocycles. The van der Waals surface area contributed by atoms with Gasteiger partial charge in [0.15, 0.2) is 5.82 Å². The maximum Gasteiger partial charge on any atom is 0.305 e. The molecule has 0 saturated carbocycles. The Kier molecular flexibility index (Phi) is 5.34. The number of ether oxygens (including phenoxy) is 1. The van der Waals surface area contributed by atoms with Crippen LogP contribution in [0.2, 0.25) is 0 Å². The van der Waals surface area contributed by atoms with E-state index in [1.54, 1.807) is 10.9 Å². The molecule has 3 aromatic heterocycles. The lowest BCUT2D eigenvalue weighted by Gasteiger charge is -2.12. The Morgan fingerprint density at radius 1 is 1.29 bits per heavy atom. The first-order valence-electron chi connectivity index (χ1n) is 8.97. The molecular weight excluding hydrogens is 376 g/mol. The van der Waals surface area contributed by atoms with Gasteiger partial charge in [0.1, 0.15) is 0 Å². The number of aliphatic hydroxyl groups is 1. The average Bonchev–Trinajstić information content (AvgIpc) is 3.31. The van der Waals surface area contributed by atoms with Crippen LogP contribution in [0.25, 0.3) is 16.0 Å². The largest absolute Gasteiger partial charge is 0.394 e. The number of thiazole rings is 1. The molecule has 0 aliphatic rings. The fourth-order valence-corrected chi connectivity index (χ4v) is 3.79. The van der Waals surface area contributed by atoms with Gasteiger partial charge in [0.05, 0.1) is 35.2 Å². The first-order chi connectivity index (χ1) is 13.6. The number of rotatable bonds is 7. The number of nitrogens with zero attached hydrogens (tertiary/aromatic N) is 3. The van der Waals surface area contributed by atoms with Crippen molar-refractivity contribution in [1.82, 2.24) is 19.7 Å². The Bertz CT molecular complexity index is 1130. The molecular formula is C20H20N4O3S. The van der Waals surface area contributed by atoms with E-state index in [2.05, 4.69) is 15.1 Å². The summed E-state index contributed by atoms with van der Waals surface area (Å²) in [6.07, 6.45) is 4.21. The van der Waals surface area contributed by atoms with Gasteiger partial charge in [0.2, 0.25) is 0 Å². The van der Waals surface area contributed by atoms with E-state index in [9.17, 15) is 4.79 Å². The van der Waals surface area contributed by atoms with Crippen LogP contribution in [0.5, 0.6) is 0 Å². The minimum Gasteiger partial charge on any atom is -0.394 e. The zero-order valence-electron chi connectivity index (χ0n) is 15.3. The van der Waals surface area contributed by atoms with E-state index in [-0.39, 0.29) is 17.6 Å². The van der Waals surface area contributed by atoms with Crippen molar-refractivity contribution >= 4 is 21.6 Å². The second-order valence-corrected chi connectivity index (χ2v) is 7.47. The van der Waals surface area contributed by atoms with Gasteiger partial charge in [-0.15, -0.1) is 0 Å². The van der Waals surface area contributed by atoms with Gasteiger partial charge >= 0.3 is 4.87 Å². The van der Waals surface area contributed by atoms with Crippen LogP contribution in [0.15, 0.2) is 53.6 Å². The minimum atomic E-state index is -0.124. The van der Waals surface area contributed by atoms with Crippen molar-refractivity contribution in [3.8, 4) is 5.82 Å². The van der Waals surface area contributed by atoms with Crippen LogP contribution >= 0.6 is 11.3 Å². The molecule has 0 fully saturated rings. The van der Waals surface area contributed by atoms with Gasteiger partial charge in [-0.1, -0.05) is 23.5 Å². The van der Waals surface area contributed by atoms with Gasteiger partial charge in [-0.2, -0.15) is 5.10 Å². The standard InChI is InChI=1S/C20H20N4O3S/c1-13(27-9-8-25)15-3-5-19(21-12-15)24-7-6-16(23-24)10-14-2-4-17-18(11-14)28-20(26)22-17/h2-7,11-13,25H,8-10H2,1H3,(H,22,26). The summed E-state index contributed by atoms with van der Waals surface area (Å²) in [7, 11) is 0. The fourth-order valence-electron chi connectivity index (χ4n) is 2.99. The van der Waals surface area contributed by atoms with E-state index in [1.807, 2.05) is 49.5 Å². The van der Waals surface area contributed by atoms with E-state index in [1.165, 1.54) is 11.3 Å². The molecule has 3 heterocycles. The van der Waals surface area contributed by atoms with Crippen LogP contribution < -0.4 is 4.87 Å². The highest BCUT2D eigenvalue weighted by atomic mass is 32.1. The number of hydrogen-bond acceptors (Lipinski definition) is 6. The maximum atomic E-state index is 11.5. The Hall–Kier alpha value is -2.81. The fraction of sp³-hybridized carbons (Fsp3) is 0.250. The Balaban J connectivity index is 1.48. The lowest BCUT2D eigenvalue weighted by molar-refractivity contribution is 0.0383. The highest BCUT2D eigenvalue weighted by Gasteiger charge is 2.09. The zero-order chi connectivity index (χ0) is 19.5. The van der Waals surface area contributed by atoms with Crippen molar-refractivity contribution in [2.75, 3.05) is 13.2 Å². The minimum absolute atomic E-state index is 0.00163. The molecule has 2 N–H and O–H groups in total. The smallest absolute Gasteiger partial charge is 0.305 e. The number of aromatic amines is 1.